The van der Waals surface area contributed by atoms with Crippen LogP contribution < -0.4 is 0 Å². The van der Waals surface area contributed by atoms with Crippen molar-refractivity contribution >= 4 is 0 Å². The molecule has 0 saturated heterocycles. The first-order valence-electron chi connectivity index (χ1n) is 9.86. The summed E-state index contributed by atoms with van der Waals surface area (Å²) in [7, 11) is 0. The minimum atomic E-state index is 0.527. The summed E-state index contributed by atoms with van der Waals surface area (Å²) in [5.74, 6) is 0. The summed E-state index contributed by atoms with van der Waals surface area (Å²) in [6, 6.07) is 2.10. The Balaban J connectivity index is 2.93. The van der Waals surface area contributed by atoms with Crippen molar-refractivity contribution in [2.45, 2.75) is 110 Å². The molecule has 0 aliphatic rings. The van der Waals surface area contributed by atoms with Crippen molar-refractivity contribution in [3.63, 3.8) is 0 Å². The number of nitriles is 1. The fourth-order valence-electron chi connectivity index (χ4n) is 2.80. The molecule has 0 radical (unpaired) electrons. The van der Waals surface area contributed by atoms with Gasteiger partial charge in [-0.25, -0.2) is 0 Å². The summed E-state index contributed by atoms with van der Waals surface area (Å²) in [6.45, 7) is 3.72. The van der Waals surface area contributed by atoms with Gasteiger partial charge in [0.2, 0.25) is 0 Å². The molecular formula is C20H39NO. The lowest BCUT2D eigenvalue weighted by molar-refractivity contribution is 0.135. The molecule has 2 heteroatoms. The van der Waals surface area contributed by atoms with Crippen molar-refractivity contribution in [3.8, 4) is 6.07 Å². The van der Waals surface area contributed by atoms with Crippen molar-refractivity contribution in [1.29, 1.82) is 5.26 Å². The van der Waals surface area contributed by atoms with E-state index in [9.17, 15) is 0 Å². The second-order valence-electron chi connectivity index (χ2n) is 6.47. The molecule has 0 atom stereocenters. The number of ether oxygens (including phenoxy) is 1. The van der Waals surface area contributed by atoms with Gasteiger partial charge >= 0.3 is 0 Å². The molecule has 0 unspecified atom stereocenters. The molecule has 0 rings (SSSR count). The summed E-state index contributed by atoms with van der Waals surface area (Å²) in [5, 5.41) is 8.37. The van der Waals surface area contributed by atoms with Crippen molar-refractivity contribution in [2.75, 3.05) is 13.2 Å². The van der Waals surface area contributed by atoms with Crippen LogP contribution in [0.1, 0.15) is 110 Å². The number of hydrogen-bond acceptors (Lipinski definition) is 2. The van der Waals surface area contributed by atoms with Gasteiger partial charge in [-0.2, -0.15) is 5.26 Å². The topological polar surface area (TPSA) is 33.0 Å². The SMILES string of the molecule is CCCCCCCCCCCCCCCCCOCCC#N. The molecule has 2 nitrogen and oxygen atoms in total. The monoisotopic (exact) mass is 309 g/mol. The standard InChI is InChI=1S/C20H39NO/c1-2-3-4-5-6-7-8-9-10-11-12-13-14-15-16-19-22-20-17-18-21/h2-17,19-20H2,1H3. The molecule has 0 amide bonds. The van der Waals surface area contributed by atoms with Crippen molar-refractivity contribution in [3.05, 3.63) is 0 Å². The maximum Gasteiger partial charge on any atom is 0.0645 e. The first-order chi connectivity index (χ1) is 10.9. The predicted molar refractivity (Wildman–Crippen MR) is 96.0 cm³/mol. The lowest BCUT2D eigenvalue weighted by Gasteiger charge is -2.04. The predicted octanol–water partition coefficient (Wildman–Crippen LogP) is 6.79. The van der Waals surface area contributed by atoms with E-state index in [-0.39, 0.29) is 0 Å². The fraction of sp³-hybridized carbons (Fsp3) is 0.950. The minimum absolute atomic E-state index is 0.527. The Morgan fingerprint density at radius 3 is 1.41 bits per heavy atom. The Bertz CT molecular complexity index is 234. The zero-order chi connectivity index (χ0) is 16.1. The van der Waals surface area contributed by atoms with Crippen molar-refractivity contribution in [2.24, 2.45) is 0 Å². The average Bonchev–Trinajstić information content (AvgIpc) is 2.54. The molecule has 0 saturated carbocycles. The van der Waals surface area contributed by atoms with Gasteiger partial charge in [0.15, 0.2) is 0 Å². The molecule has 130 valence electrons. The Hall–Kier alpha value is -0.550. The van der Waals surface area contributed by atoms with E-state index < -0.39 is 0 Å². The number of hydrogen-bond donors (Lipinski definition) is 0. The summed E-state index contributed by atoms with van der Waals surface area (Å²) in [5.41, 5.74) is 0. The molecule has 0 aliphatic carbocycles. The van der Waals surface area contributed by atoms with Gasteiger partial charge in [0.05, 0.1) is 19.1 Å². The lowest BCUT2D eigenvalue weighted by atomic mass is 10.0. The molecule has 0 bridgehead atoms. The second kappa shape index (κ2) is 20.5. The third-order valence-electron chi connectivity index (χ3n) is 4.25. The van der Waals surface area contributed by atoms with Crippen molar-refractivity contribution in [1.82, 2.24) is 0 Å². The molecule has 0 aromatic carbocycles. The van der Waals surface area contributed by atoms with Crippen LogP contribution in [0.5, 0.6) is 0 Å². The zero-order valence-electron chi connectivity index (χ0n) is 15.1. The Kier molecular flexibility index (Phi) is 19.9. The summed E-state index contributed by atoms with van der Waals surface area (Å²) >= 11 is 0. The van der Waals surface area contributed by atoms with E-state index in [0.29, 0.717) is 13.0 Å². The smallest absolute Gasteiger partial charge is 0.0645 e. The zero-order valence-corrected chi connectivity index (χ0v) is 15.1. The highest BCUT2D eigenvalue weighted by molar-refractivity contribution is 4.66. The van der Waals surface area contributed by atoms with Gasteiger partial charge in [0.1, 0.15) is 0 Å². The van der Waals surface area contributed by atoms with E-state index in [1.165, 1.54) is 89.9 Å². The lowest BCUT2D eigenvalue weighted by Crippen LogP contribution is -1.95. The van der Waals surface area contributed by atoms with Crippen LogP contribution in [0.25, 0.3) is 0 Å². The van der Waals surface area contributed by atoms with E-state index in [0.717, 1.165) is 13.0 Å². The Labute approximate surface area is 139 Å². The van der Waals surface area contributed by atoms with Gasteiger partial charge in [-0.1, -0.05) is 96.8 Å². The van der Waals surface area contributed by atoms with Gasteiger partial charge in [0, 0.05) is 6.61 Å². The first kappa shape index (κ1) is 21.4. The molecule has 22 heavy (non-hydrogen) atoms. The molecule has 0 aliphatic heterocycles. The molecule has 0 N–H and O–H groups in total. The average molecular weight is 310 g/mol. The highest BCUT2D eigenvalue weighted by Gasteiger charge is 1.94. The Morgan fingerprint density at radius 1 is 0.591 bits per heavy atom. The molecular weight excluding hydrogens is 270 g/mol. The summed E-state index contributed by atoms with van der Waals surface area (Å²) < 4.78 is 5.36. The first-order valence-corrected chi connectivity index (χ1v) is 9.86. The van der Waals surface area contributed by atoms with Crippen LogP contribution in [0.4, 0.5) is 0 Å². The van der Waals surface area contributed by atoms with Crippen LogP contribution in [-0.2, 0) is 4.74 Å². The highest BCUT2D eigenvalue weighted by Crippen LogP contribution is 2.13. The number of rotatable bonds is 18. The molecule has 0 aromatic heterocycles. The molecule has 0 heterocycles. The normalized spacial score (nSPS) is 10.7. The van der Waals surface area contributed by atoms with E-state index >= 15 is 0 Å². The molecule has 0 fully saturated rings. The van der Waals surface area contributed by atoms with Crippen LogP contribution in [0.2, 0.25) is 0 Å². The molecule has 0 spiro atoms. The van der Waals surface area contributed by atoms with Gasteiger partial charge < -0.3 is 4.74 Å². The van der Waals surface area contributed by atoms with Gasteiger partial charge in [-0.3, -0.25) is 0 Å². The van der Waals surface area contributed by atoms with E-state index in [2.05, 4.69) is 13.0 Å². The number of unbranched alkanes of at least 4 members (excludes halogenated alkanes) is 14. The van der Waals surface area contributed by atoms with Crippen LogP contribution in [0, 0.1) is 11.3 Å². The highest BCUT2D eigenvalue weighted by atomic mass is 16.5. The third-order valence-corrected chi connectivity index (χ3v) is 4.25. The van der Waals surface area contributed by atoms with Gasteiger partial charge in [0.25, 0.3) is 0 Å². The largest absolute Gasteiger partial charge is 0.380 e. The molecule has 0 aromatic rings. The van der Waals surface area contributed by atoms with Crippen molar-refractivity contribution < 1.29 is 4.74 Å². The fourth-order valence-corrected chi connectivity index (χ4v) is 2.80. The van der Waals surface area contributed by atoms with E-state index in [1.54, 1.807) is 0 Å². The van der Waals surface area contributed by atoms with Crippen LogP contribution in [0.15, 0.2) is 0 Å². The Morgan fingerprint density at radius 2 is 1.00 bits per heavy atom. The van der Waals surface area contributed by atoms with Crippen LogP contribution in [0.3, 0.4) is 0 Å². The van der Waals surface area contributed by atoms with Gasteiger partial charge in [-0.05, 0) is 6.42 Å². The maximum absolute atomic E-state index is 8.37. The summed E-state index contributed by atoms with van der Waals surface area (Å²) in [4.78, 5) is 0. The number of nitrogens with zero attached hydrogens (tertiary/aromatic N) is 1. The minimum Gasteiger partial charge on any atom is -0.380 e. The van der Waals surface area contributed by atoms with E-state index in [1.807, 2.05) is 0 Å². The van der Waals surface area contributed by atoms with E-state index in [4.69, 9.17) is 10.00 Å². The van der Waals surface area contributed by atoms with Crippen LogP contribution in [-0.4, -0.2) is 13.2 Å². The quantitative estimate of drug-likeness (QED) is 0.261. The van der Waals surface area contributed by atoms with Crippen LogP contribution >= 0.6 is 0 Å². The summed E-state index contributed by atoms with van der Waals surface area (Å²) in [6.07, 6.45) is 21.4. The van der Waals surface area contributed by atoms with Gasteiger partial charge in [-0.15, -0.1) is 0 Å². The third kappa shape index (κ3) is 19.4. The maximum atomic E-state index is 8.37. The second-order valence-corrected chi connectivity index (χ2v) is 6.47.